The summed E-state index contributed by atoms with van der Waals surface area (Å²) in [5.74, 6) is 0.846. The van der Waals surface area contributed by atoms with Gasteiger partial charge in [0.25, 0.3) is 0 Å². The van der Waals surface area contributed by atoms with Crippen LogP contribution in [-0.4, -0.2) is 6.54 Å². The van der Waals surface area contributed by atoms with Crippen molar-refractivity contribution in [1.29, 1.82) is 0 Å². The van der Waals surface area contributed by atoms with Gasteiger partial charge in [-0.2, -0.15) is 0 Å². The van der Waals surface area contributed by atoms with E-state index in [0.29, 0.717) is 11.5 Å². The van der Waals surface area contributed by atoms with Crippen molar-refractivity contribution in [3.05, 3.63) is 34.9 Å². The maximum absolute atomic E-state index is 5.97. The second-order valence-corrected chi connectivity index (χ2v) is 6.54. The lowest BCUT2D eigenvalue weighted by atomic mass is 9.99. The highest BCUT2D eigenvalue weighted by molar-refractivity contribution is 6.30. The highest BCUT2D eigenvalue weighted by atomic mass is 35.5. The first-order valence-electron chi connectivity index (χ1n) is 7.21. The molecule has 0 heterocycles. The molecular formula is C16H22ClN. The second-order valence-electron chi connectivity index (χ2n) is 6.10. The van der Waals surface area contributed by atoms with Gasteiger partial charge >= 0.3 is 0 Å². The molecular weight excluding hydrogens is 242 g/mol. The summed E-state index contributed by atoms with van der Waals surface area (Å²) in [6.07, 6.45) is 6.89. The first kappa shape index (κ1) is 12.5. The third kappa shape index (κ3) is 2.73. The van der Waals surface area contributed by atoms with Gasteiger partial charge in [0.05, 0.1) is 0 Å². The molecule has 3 rings (SSSR count). The zero-order chi connectivity index (χ0) is 12.6. The van der Waals surface area contributed by atoms with Crippen molar-refractivity contribution in [2.75, 3.05) is 6.54 Å². The van der Waals surface area contributed by atoms with Crippen LogP contribution in [0.4, 0.5) is 0 Å². The lowest BCUT2D eigenvalue weighted by Crippen LogP contribution is -2.29. The van der Waals surface area contributed by atoms with E-state index in [-0.39, 0.29) is 0 Å². The van der Waals surface area contributed by atoms with Crippen LogP contribution in [0.1, 0.15) is 50.6 Å². The molecule has 0 spiro atoms. The van der Waals surface area contributed by atoms with Crippen molar-refractivity contribution in [2.45, 2.75) is 45.1 Å². The fraction of sp³-hybridized carbons (Fsp3) is 0.625. The van der Waals surface area contributed by atoms with Crippen LogP contribution in [0, 0.1) is 11.3 Å². The number of hydrogen-bond acceptors (Lipinski definition) is 1. The Hall–Kier alpha value is -0.530. The first-order valence-corrected chi connectivity index (χ1v) is 7.59. The molecule has 1 N–H and O–H groups in total. The Bertz CT molecular complexity index is 404. The summed E-state index contributed by atoms with van der Waals surface area (Å²) < 4.78 is 0. The van der Waals surface area contributed by atoms with Gasteiger partial charge in [-0.15, -0.1) is 0 Å². The Kier molecular flexibility index (Phi) is 3.38. The van der Waals surface area contributed by atoms with Crippen molar-refractivity contribution in [3.8, 4) is 0 Å². The predicted octanol–water partition coefficient (Wildman–Crippen LogP) is 4.57. The van der Waals surface area contributed by atoms with Crippen LogP contribution in [0.15, 0.2) is 24.3 Å². The molecule has 2 fully saturated rings. The van der Waals surface area contributed by atoms with Gasteiger partial charge in [0.15, 0.2) is 0 Å². The molecule has 2 aliphatic carbocycles. The topological polar surface area (TPSA) is 12.0 Å². The first-order chi connectivity index (χ1) is 8.72. The van der Waals surface area contributed by atoms with Crippen LogP contribution >= 0.6 is 11.6 Å². The lowest BCUT2D eigenvalue weighted by Gasteiger charge is -2.22. The van der Waals surface area contributed by atoms with Gasteiger partial charge in [-0.3, -0.25) is 0 Å². The molecule has 2 aliphatic rings. The Labute approximate surface area is 115 Å². The average Bonchev–Trinajstić information content (AvgIpc) is 3.27. The van der Waals surface area contributed by atoms with E-state index in [9.17, 15) is 0 Å². The molecule has 0 aliphatic heterocycles. The molecule has 1 atom stereocenters. The molecule has 0 bridgehead atoms. The van der Waals surface area contributed by atoms with Gasteiger partial charge in [0.2, 0.25) is 0 Å². The fourth-order valence-corrected chi connectivity index (χ4v) is 2.94. The lowest BCUT2D eigenvalue weighted by molar-refractivity contribution is 0.384. The average molecular weight is 264 g/mol. The number of benzene rings is 1. The largest absolute Gasteiger partial charge is 0.309 e. The molecule has 1 nitrogen and oxygen atoms in total. The van der Waals surface area contributed by atoms with E-state index in [2.05, 4.69) is 24.4 Å². The molecule has 1 unspecified atom stereocenters. The van der Waals surface area contributed by atoms with Crippen LogP contribution in [0.25, 0.3) is 0 Å². The van der Waals surface area contributed by atoms with Crippen molar-refractivity contribution in [2.24, 2.45) is 11.3 Å². The molecule has 1 aromatic carbocycles. The molecule has 98 valence electrons. The van der Waals surface area contributed by atoms with Crippen LogP contribution < -0.4 is 5.32 Å². The van der Waals surface area contributed by atoms with Crippen LogP contribution in [0.5, 0.6) is 0 Å². The highest BCUT2D eigenvalue weighted by Gasteiger charge is 2.42. The van der Waals surface area contributed by atoms with Crippen LogP contribution in [-0.2, 0) is 0 Å². The zero-order valence-corrected chi connectivity index (χ0v) is 11.8. The van der Waals surface area contributed by atoms with Gasteiger partial charge in [0, 0.05) is 17.6 Å². The summed E-state index contributed by atoms with van der Waals surface area (Å²) in [7, 11) is 0. The minimum absolute atomic E-state index is 0.547. The third-order valence-corrected chi connectivity index (χ3v) is 4.98. The molecule has 0 radical (unpaired) electrons. The molecule has 2 heteroatoms. The van der Waals surface area contributed by atoms with Gasteiger partial charge in [0.1, 0.15) is 0 Å². The SMILES string of the molecule is CCC1(CNC(c2ccc(Cl)cc2)C2CC2)CC1. The van der Waals surface area contributed by atoms with Gasteiger partial charge in [-0.05, 0) is 61.1 Å². The van der Waals surface area contributed by atoms with E-state index < -0.39 is 0 Å². The highest BCUT2D eigenvalue weighted by Crippen LogP contribution is 2.49. The number of halogens is 1. The minimum atomic E-state index is 0.547. The van der Waals surface area contributed by atoms with Crippen LogP contribution in [0.3, 0.4) is 0 Å². The number of hydrogen-bond donors (Lipinski definition) is 1. The molecule has 2 saturated carbocycles. The van der Waals surface area contributed by atoms with E-state index in [4.69, 9.17) is 11.6 Å². The van der Waals surface area contributed by atoms with Crippen molar-refractivity contribution < 1.29 is 0 Å². The maximum Gasteiger partial charge on any atom is 0.0406 e. The minimum Gasteiger partial charge on any atom is -0.309 e. The molecule has 0 aromatic heterocycles. The van der Waals surface area contributed by atoms with Gasteiger partial charge < -0.3 is 5.32 Å². The predicted molar refractivity (Wildman–Crippen MR) is 76.9 cm³/mol. The van der Waals surface area contributed by atoms with Crippen molar-refractivity contribution in [3.63, 3.8) is 0 Å². The molecule has 0 amide bonds. The number of nitrogens with one attached hydrogen (secondary N) is 1. The van der Waals surface area contributed by atoms with Crippen molar-refractivity contribution >= 4 is 11.6 Å². The van der Waals surface area contributed by atoms with Gasteiger partial charge in [-0.1, -0.05) is 30.7 Å². The Morgan fingerprint density at radius 3 is 2.44 bits per heavy atom. The third-order valence-electron chi connectivity index (χ3n) is 4.73. The zero-order valence-electron chi connectivity index (χ0n) is 11.1. The summed E-state index contributed by atoms with van der Waals surface area (Å²) in [6, 6.07) is 8.95. The van der Waals surface area contributed by atoms with Crippen LogP contribution in [0.2, 0.25) is 5.02 Å². The van der Waals surface area contributed by atoms with E-state index in [0.717, 1.165) is 10.9 Å². The van der Waals surface area contributed by atoms with E-state index in [1.54, 1.807) is 0 Å². The summed E-state index contributed by atoms with van der Waals surface area (Å²) >= 11 is 5.97. The van der Waals surface area contributed by atoms with Crippen molar-refractivity contribution in [1.82, 2.24) is 5.32 Å². The Morgan fingerprint density at radius 1 is 1.28 bits per heavy atom. The summed E-state index contributed by atoms with van der Waals surface area (Å²) in [6.45, 7) is 3.51. The van der Waals surface area contributed by atoms with E-state index >= 15 is 0 Å². The number of rotatable bonds is 6. The second kappa shape index (κ2) is 4.86. The summed E-state index contributed by atoms with van der Waals surface area (Å²) in [5.41, 5.74) is 2.04. The van der Waals surface area contributed by atoms with E-state index in [1.165, 1.54) is 44.2 Å². The Morgan fingerprint density at radius 2 is 1.94 bits per heavy atom. The summed E-state index contributed by atoms with van der Waals surface area (Å²) in [5, 5.41) is 4.66. The molecule has 0 saturated heterocycles. The summed E-state index contributed by atoms with van der Waals surface area (Å²) in [4.78, 5) is 0. The normalized spacial score (nSPS) is 22.8. The standard InChI is InChI=1S/C16H22ClN/c1-2-16(9-10-16)11-18-15(12-3-4-12)13-5-7-14(17)8-6-13/h5-8,12,15,18H,2-4,9-11H2,1H3. The molecule has 1 aromatic rings. The maximum atomic E-state index is 5.97. The Balaban J connectivity index is 1.66. The molecule has 18 heavy (non-hydrogen) atoms. The fourth-order valence-electron chi connectivity index (χ4n) is 2.81. The van der Waals surface area contributed by atoms with Gasteiger partial charge in [-0.25, -0.2) is 0 Å². The quantitative estimate of drug-likeness (QED) is 0.793. The monoisotopic (exact) mass is 263 g/mol. The van der Waals surface area contributed by atoms with E-state index in [1.807, 2.05) is 12.1 Å². The smallest absolute Gasteiger partial charge is 0.0406 e.